The Balaban J connectivity index is 1.46. The molecule has 1 aromatic carbocycles. The molecule has 0 radical (unpaired) electrons. The number of hydrogen-bond acceptors (Lipinski definition) is 5. The summed E-state index contributed by atoms with van der Waals surface area (Å²) in [5.74, 6) is 1.70. The summed E-state index contributed by atoms with van der Waals surface area (Å²) in [6.07, 6.45) is 15.4. The van der Waals surface area contributed by atoms with Crippen molar-refractivity contribution >= 4 is 23.5 Å². The van der Waals surface area contributed by atoms with Crippen LogP contribution < -0.4 is 10.6 Å². The Hall–Kier alpha value is -4.14. The number of hydrogen-bond donors (Lipinski definition) is 4. The van der Waals surface area contributed by atoms with Crippen LogP contribution in [0.3, 0.4) is 0 Å². The Bertz CT molecular complexity index is 1340. The molecule has 2 atom stereocenters. The molecule has 1 aliphatic carbocycles. The summed E-state index contributed by atoms with van der Waals surface area (Å²) in [4.78, 5) is 22.0. The van der Waals surface area contributed by atoms with Crippen molar-refractivity contribution in [3.05, 3.63) is 83.4 Å². The summed E-state index contributed by atoms with van der Waals surface area (Å²) in [7, 11) is 0. The average molecular weight is 586 g/mol. The maximum absolute atomic E-state index is 13.3. The van der Waals surface area contributed by atoms with Crippen LogP contribution in [0.4, 0.5) is 4.79 Å². The maximum Gasteiger partial charge on any atom is 0.320 e. The number of nitrogens with zero attached hydrogens (tertiary/aromatic N) is 3. The highest BCUT2D eigenvalue weighted by Gasteiger charge is 2.31. The molecule has 0 bridgehead atoms. The highest BCUT2D eigenvalue weighted by Crippen LogP contribution is 2.39. The number of nitrogens with one attached hydrogen (secondary N) is 4. The fourth-order valence-corrected chi connectivity index (χ4v) is 5.44. The van der Waals surface area contributed by atoms with Crippen molar-refractivity contribution in [2.45, 2.75) is 78.9 Å². The highest BCUT2D eigenvalue weighted by molar-refractivity contribution is 6.09. The van der Waals surface area contributed by atoms with Gasteiger partial charge >= 0.3 is 6.03 Å². The summed E-state index contributed by atoms with van der Waals surface area (Å²) in [5, 5.41) is 23.3. The number of guanidine groups is 1. The number of aliphatic imine (C=N–C) groups is 1. The van der Waals surface area contributed by atoms with Gasteiger partial charge in [-0.1, -0.05) is 63.3 Å². The number of ether oxygens (including phenoxy) is 1. The lowest BCUT2D eigenvalue weighted by Gasteiger charge is -2.34. The third kappa shape index (κ3) is 8.46. The summed E-state index contributed by atoms with van der Waals surface area (Å²) >= 11 is 0. The molecule has 230 valence electrons. The van der Waals surface area contributed by atoms with Crippen molar-refractivity contribution < 1.29 is 9.53 Å². The van der Waals surface area contributed by atoms with Gasteiger partial charge in [-0.3, -0.25) is 10.7 Å². The van der Waals surface area contributed by atoms with Gasteiger partial charge in [-0.05, 0) is 68.2 Å². The first kappa shape index (κ1) is 31.8. The van der Waals surface area contributed by atoms with E-state index in [9.17, 15) is 4.79 Å². The number of likely N-dealkylation sites (tertiary alicyclic amines) is 1. The number of fused-ring (bicyclic) bond motifs is 1. The number of amides is 2. The Kier molecular flexibility index (Phi) is 10.6. The normalized spacial score (nSPS) is 21.0. The monoisotopic (exact) mass is 585 g/mol. The van der Waals surface area contributed by atoms with E-state index in [2.05, 4.69) is 26.6 Å². The smallest absolute Gasteiger partial charge is 0.320 e. The van der Waals surface area contributed by atoms with Gasteiger partial charge in [0.1, 0.15) is 17.7 Å². The number of carbonyl (C=O) groups excluding carboxylic acids is 1. The van der Waals surface area contributed by atoms with Gasteiger partial charge in [0.25, 0.3) is 0 Å². The van der Waals surface area contributed by atoms with Crippen molar-refractivity contribution in [1.29, 1.82) is 10.8 Å². The van der Waals surface area contributed by atoms with Crippen molar-refractivity contribution in [3.8, 4) is 0 Å². The van der Waals surface area contributed by atoms with Crippen molar-refractivity contribution in [2.75, 3.05) is 19.6 Å². The van der Waals surface area contributed by atoms with E-state index < -0.39 is 0 Å². The molecule has 3 aliphatic rings. The van der Waals surface area contributed by atoms with Gasteiger partial charge in [0.2, 0.25) is 0 Å². The van der Waals surface area contributed by atoms with E-state index >= 15 is 0 Å². The second kappa shape index (κ2) is 14.4. The molecule has 0 aromatic heterocycles. The van der Waals surface area contributed by atoms with Crippen LogP contribution in [0.15, 0.2) is 77.3 Å². The van der Waals surface area contributed by atoms with E-state index in [-0.39, 0.29) is 30.0 Å². The molecular formula is C34H47N7O2. The zero-order valence-corrected chi connectivity index (χ0v) is 26.2. The van der Waals surface area contributed by atoms with Crippen molar-refractivity contribution in [2.24, 2.45) is 10.4 Å². The molecular weight excluding hydrogens is 538 g/mol. The predicted octanol–water partition coefficient (Wildman–Crippen LogP) is 6.96. The van der Waals surface area contributed by atoms with Crippen LogP contribution in [0.5, 0.6) is 0 Å². The number of rotatable bonds is 7. The van der Waals surface area contributed by atoms with Crippen LogP contribution in [-0.4, -0.2) is 53.0 Å². The van der Waals surface area contributed by atoms with Crippen molar-refractivity contribution in [3.63, 3.8) is 0 Å². The summed E-state index contributed by atoms with van der Waals surface area (Å²) in [6.45, 7) is 12.3. The molecule has 0 saturated carbocycles. The quantitative estimate of drug-likeness (QED) is 0.157. The van der Waals surface area contributed by atoms with Crippen LogP contribution in [0.1, 0.15) is 90.0 Å². The van der Waals surface area contributed by atoms with E-state index in [1.54, 1.807) is 0 Å². The van der Waals surface area contributed by atoms with E-state index in [4.69, 9.17) is 15.6 Å². The van der Waals surface area contributed by atoms with Crippen molar-refractivity contribution in [1.82, 2.24) is 20.4 Å². The largest absolute Gasteiger partial charge is 0.484 e. The predicted molar refractivity (Wildman–Crippen MR) is 174 cm³/mol. The fraction of sp³-hybridized carbons (Fsp3) is 0.471. The van der Waals surface area contributed by atoms with E-state index in [0.717, 1.165) is 54.9 Å². The van der Waals surface area contributed by atoms with Gasteiger partial charge in [-0.15, -0.1) is 0 Å². The summed E-state index contributed by atoms with van der Waals surface area (Å²) in [5.41, 5.74) is 2.96. The molecule has 4 rings (SSSR count). The molecule has 1 saturated heterocycles. The molecule has 2 aliphatic heterocycles. The topological polar surface area (TPSA) is 117 Å². The van der Waals surface area contributed by atoms with Gasteiger partial charge < -0.3 is 25.3 Å². The first-order valence-corrected chi connectivity index (χ1v) is 15.3. The molecule has 1 fully saturated rings. The van der Waals surface area contributed by atoms with E-state index in [1.807, 2.05) is 94.3 Å². The average Bonchev–Trinajstić information content (AvgIpc) is 3.52. The number of amidine groups is 1. The Morgan fingerprint density at radius 3 is 2.51 bits per heavy atom. The highest BCUT2D eigenvalue weighted by atomic mass is 16.5. The molecule has 2 amide bonds. The number of carbonyl (C=O) groups is 1. The summed E-state index contributed by atoms with van der Waals surface area (Å²) < 4.78 is 6.51. The molecule has 1 aromatic rings. The Morgan fingerprint density at radius 1 is 1.12 bits per heavy atom. The van der Waals surface area contributed by atoms with Crippen LogP contribution in [0.2, 0.25) is 0 Å². The fourth-order valence-electron chi connectivity index (χ4n) is 5.44. The van der Waals surface area contributed by atoms with Crippen LogP contribution in [0.25, 0.3) is 0 Å². The molecule has 0 spiro atoms. The summed E-state index contributed by atoms with van der Waals surface area (Å²) in [6, 6.07) is 7.57. The minimum Gasteiger partial charge on any atom is -0.484 e. The first-order chi connectivity index (χ1) is 20.6. The molecule has 4 N–H and O–H groups in total. The molecule has 2 heterocycles. The van der Waals surface area contributed by atoms with Crippen LogP contribution in [-0.2, 0) is 4.74 Å². The minimum absolute atomic E-state index is 0.156. The number of urea groups is 1. The number of allylic oxidation sites excluding steroid dienone is 4. The molecule has 43 heavy (non-hydrogen) atoms. The lowest BCUT2D eigenvalue weighted by molar-refractivity contribution is 0.0993. The zero-order valence-electron chi connectivity index (χ0n) is 26.2. The van der Waals surface area contributed by atoms with Gasteiger partial charge in [0.05, 0.1) is 11.7 Å². The molecule has 2 unspecified atom stereocenters. The molecule has 9 heteroatoms. The SMILES string of the molecule is CC=C(/C=C\C)N=C(CC(=N)C(C)(C)C)NC(=O)NC1CCC(OC2=CN(C(=N)N3CCCC3)CC=C2)c2ccccc21. The lowest BCUT2D eigenvalue weighted by atomic mass is 9.85. The lowest BCUT2D eigenvalue weighted by Crippen LogP contribution is -2.43. The third-order valence-corrected chi connectivity index (χ3v) is 7.97. The number of benzene rings is 1. The van der Waals surface area contributed by atoms with E-state index in [0.29, 0.717) is 30.5 Å². The second-order valence-electron chi connectivity index (χ2n) is 12.2. The zero-order chi connectivity index (χ0) is 31.0. The third-order valence-electron chi connectivity index (χ3n) is 7.97. The minimum atomic E-state index is -0.343. The standard InChI is InChI=1S/C34H47N7O2/c1-6-13-24(7-2)37-31(22-30(35)34(3,4)5)39-33(42)38-28-17-18-29(27-16-9-8-15-26(27)28)43-25-14-12-21-41(23-25)32(36)40-19-10-11-20-40/h6-9,12-16,23,28-29,35-36H,10-11,17-22H2,1-5H3,(H2,37,38,39,42)/b13-6-,24-7?,35-30?,36-32?. The van der Waals surface area contributed by atoms with E-state index in [1.165, 1.54) is 0 Å². The Labute approximate surface area is 256 Å². The van der Waals surface area contributed by atoms with Crippen LogP contribution >= 0.6 is 0 Å². The first-order valence-electron chi connectivity index (χ1n) is 15.3. The van der Waals surface area contributed by atoms with Crippen LogP contribution in [0, 0.1) is 16.2 Å². The van der Waals surface area contributed by atoms with Gasteiger partial charge in [0, 0.05) is 38.0 Å². The second-order valence-corrected chi connectivity index (χ2v) is 12.2. The van der Waals surface area contributed by atoms with Gasteiger partial charge in [-0.25, -0.2) is 9.79 Å². The molecule has 9 nitrogen and oxygen atoms in total. The van der Waals surface area contributed by atoms with Gasteiger partial charge in [0.15, 0.2) is 5.96 Å². The maximum atomic E-state index is 13.3. The Morgan fingerprint density at radius 2 is 1.84 bits per heavy atom. The van der Waals surface area contributed by atoms with Gasteiger partial charge in [-0.2, -0.15) is 0 Å².